The molecule has 15 heavy (non-hydrogen) atoms. The molecule has 0 bridgehead atoms. The third kappa shape index (κ3) is 4.65. The molecule has 0 amide bonds. The number of hydrogen-bond acceptors (Lipinski definition) is 1. The van der Waals surface area contributed by atoms with Gasteiger partial charge in [-0.3, -0.25) is 0 Å². The number of rotatable bonds is 5. The van der Waals surface area contributed by atoms with Gasteiger partial charge in [0.1, 0.15) is 0 Å². The van der Waals surface area contributed by atoms with Crippen molar-refractivity contribution in [1.29, 1.82) is 5.26 Å². The third-order valence-corrected chi connectivity index (χ3v) is 2.85. The second kappa shape index (κ2) is 5.56. The van der Waals surface area contributed by atoms with E-state index in [9.17, 15) is 0 Å². The van der Waals surface area contributed by atoms with Gasteiger partial charge in [-0.25, -0.2) is 0 Å². The molecule has 0 fully saturated rings. The van der Waals surface area contributed by atoms with E-state index >= 15 is 0 Å². The fourth-order valence-corrected chi connectivity index (χ4v) is 1.65. The first kappa shape index (κ1) is 11.8. The minimum absolute atomic E-state index is 0.283. The first-order valence-electron chi connectivity index (χ1n) is 5.55. The second-order valence-corrected chi connectivity index (χ2v) is 4.81. The van der Waals surface area contributed by atoms with Crippen molar-refractivity contribution < 1.29 is 0 Å². The lowest BCUT2D eigenvalue weighted by atomic mass is 9.82. The molecule has 0 saturated heterocycles. The summed E-state index contributed by atoms with van der Waals surface area (Å²) in [7, 11) is 0. The molecule has 0 radical (unpaired) electrons. The van der Waals surface area contributed by atoms with Crippen molar-refractivity contribution in [3.8, 4) is 6.07 Å². The Hall–Kier alpha value is -1.29. The van der Waals surface area contributed by atoms with E-state index in [0.717, 1.165) is 19.3 Å². The molecule has 0 heterocycles. The summed E-state index contributed by atoms with van der Waals surface area (Å²) in [6, 6.07) is 12.8. The monoisotopic (exact) mass is 201 g/mol. The lowest BCUT2D eigenvalue weighted by molar-refractivity contribution is 0.312. The van der Waals surface area contributed by atoms with E-state index in [1.807, 2.05) is 6.07 Å². The van der Waals surface area contributed by atoms with Crippen LogP contribution in [-0.2, 0) is 6.42 Å². The highest BCUT2D eigenvalue weighted by molar-refractivity contribution is 5.14. The number of aryl methyl sites for hydroxylation is 1. The van der Waals surface area contributed by atoms with Crippen molar-refractivity contribution in [2.45, 2.75) is 39.5 Å². The summed E-state index contributed by atoms with van der Waals surface area (Å²) in [5, 5.41) is 8.56. The van der Waals surface area contributed by atoms with E-state index in [1.165, 1.54) is 5.56 Å². The van der Waals surface area contributed by atoms with Crippen molar-refractivity contribution in [3.05, 3.63) is 35.9 Å². The van der Waals surface area contributed by atoms with Crippen LogP contribution in [0, 0.1) is 16.7 Å². The molecular formula is C14H19N. The molecule has 1 heteroatoms. The maximum Gasteiger partial charge on any atom is 0.0621 e. The number of nitrogens with zero attached hydrogens (tertiary/aromatic N) is 1. The maximum absolute atomic E-state index is 8.56. The Morgan fingerprint density at radius 2 is 1.80 bits per heavy atom. The van der Waals surface area contributed by atoms with Crippen LogP contribution in [0.25, 0.3) is 0 Å². The zero-order valence-corrected chi connectivity index (χ0v) is 9.66. The van der Waals surface area contributed by atoms with Crippen LogP contribution in [0.5, 0.6) is 0 Å². The van der Waals surface area contributed by atoms with Crippen LogP contribution in [0.3, 0.4) is 0 Å². The van der Waals surface area contributed by atoms with Gasteiger partial charge in [0.15, 0.2) is 0 Å². The summed E-state index contributed by atoms with van der Waals surface area (Å²) in [6.07, 6.45) is 3.93. The number of nitriles is 1. The van der Waals surface area contributed by atoms with Crippen LogP contribution in [0.15, 0.2) is 30.3 Å². The minimum Gasteiger partial charge on any atom is -0.198 e. The standard InChI is InChI=1S/C14H19N/c1-14(2,10-6-12-15)11-9-13-7-4-3-5-8-13/h3-5,7-8H,6,9-11H2,1-2H3. The average molecular weight is 201 g/mol. The Balaban J connectivity index is 2.40. The molecule has 0 aliphatic carbocycles. The molecule has 1 aromatic carbocycles. The van der Waals surface area contributed by atoms with Gasteiger partial charge in [-0.1, -0.05) is 44.2 Å². The van der Waals surface area contributed by atoms with E-state index in [4.69, 9.17) is 5.26 Å². The molecule has 0 atom stereocenters. The van der Waals surface area contributed by atoms with E-state index in [0.29, 0.717) is 6.42 Å². The Morgan fingerprint density at radius 3 is 2.40 bits per heavy atom. The second-order valence-electron chi connectivity index (χ2n) is 4.81. The smallest absolute Gasteiger partial charge is 0.0621 e. The highest BCUT2D eigenvalue weighted by Gasteiger charge is 2.16. The van der Waals surface area contributed by atoms with E-state index < -0.39 is 0 Å². The summed E-state index contributed by atoms with van der Waals surface area (Å²) >= 11 is 0. The Kier molecular flexibility index (Phi) is 4.37. The zero-order valence-electron chi connectivity index (χ0n) is 9.66. The molecule has 0 unspecified atom stereocenters. The van der Waals surface area contributed by atoms with Crippen molar-refractivity contribution in [2.24, 2.45) is 5.41 Å². The highest BCUT2D eigenvalue weighted by Crippen LogP contribution is 2.28. The fraction of sp³-hybridized carbons (Fsp3) is 0.500. The van der Waals surface area contributed by atoms with Crippen molar-refractivity contribution in [3.63, 3.8) is 0 Å². The van der Waals surface area contributed by atoms with Gasteiger partial charge >= 0.3 is 0 Å². The Bertz CT molecular complexity index is 319. The minimum atomic E-state index is 0.283. The van der Waals surface area contributed by atoms with Gasteiger partial charge in [0.2, 0.25) is 0 Å². The molecule has 0 aliphatic heterocycles. The SMILES string of the molecule is CC(C)(CCC#N)CCc1ccccc1. The van der Waals surface area contributed by atoms with Crippen LogP contribution in [0.4, 0.5) is 0 Å². The van der Waals surface area contributed by atoms with Crippen molar-refractivity contribution in [2.75, 3.05) is 0 Å². The molecule has 0 saturated carbocycles. The molecule has 80 valence electrons. The van der Waals surface area contributed by atoms with Crippen molar-refractivity contribution >= 4 is 0 Å². The first-order chi connectivity index (χ1) is 7.14. The number of benzene rings is 1. The van der Waals surface area contributed by atoms with Gasteiger partial charge < -0.3 is 0 Å². The van der Waals surface area contributed by atoms with Crippen LogP contribution >= 0.6 is 0 Å². The number of hydrogen-bond donors (Lipinski definition) is 0. The van der Waals surface area contributed by atoms with Gasteiger partial charge in [-0.15, -0.1) is 0 Å². The summed E-state index contributed by atoms with van der Waals surface area (Å²) in [5.41, 5.74) is 1.67. The van der Waals surface area contributed by atoms with E-state index in [-0.39, 0.29) is 5.41 Å². The molecule has 1 nitrogen and oxygen atoms in total. The molecule has 0 spiro atoms. The predicted molar refractivity (Wildman–Crippen MR) is 63.4 cm³/mol. The largest absolute Gasteiger partial charge is 0.198 e. The van der Waals surface area contributed by atoms with Gasteiger partial charge in [0.25, 0.3) is 0 Å². The van der Waals surface area contributed by atoms with Gasteiger partial charge in [-0.05, 0) is 30.2 Å². The summed E-state index contributed by atoms with van der Waals surface area (Å²) in [5.74, 6) is 0. The summed E-state index contributed by atoms with van der Waals surface area (Å²) in [4.78, 5) is 0. The molecular weight excluding hydrogens is 182 g/mol. The molecule has 1 aromatic rings. The molecule has 0 aromatic heterocycles. The van der Waals surface area contributed by atoms with Crippen LogP contribution in [-0.4, -0.2) is 0 Å². The molecule has 0 aliphatic rings. The van der Waals surface area contributed by atoms with Gasteiger partial charge in [-0.2, -0.15) is 5.26 Å². The summed E-state index contributed by atoms with van der Waals surface area (Å²) in [6.45, 7) is 4.49. The Labute approximate surface area is 92.7 Å². The van der Waals surface area contributed by atoms with Crippen LogP contribution in [0.2, 0.25) is 0 Å². The Morgan fingerprint density at radius 1 is 1.13 bits per heavy atom. The zero-order chi connectivity index (χ0) is 11.1. The molecule has 0 N–H and O–H groups in total. The van der Waals surface area contributed by atoms with Crippen LogP contribution in [0.1, 0.15) is 38.7 Å². The topological polar surface area (TPSA) is 23.8 Å². The van der Waals surface area contributed by atoms with Gasteiger partial charge in [0.05, 0.1) is 6.07 Å². The van der Waals surface area contributed by atoms with E-state index in [2.05, 4.69) is 44.2 Å². The van der Waals surface area contributed by atoms with E-state index in [1.54, 1.807) is 0 Å². The maximum atomic E-state index is 8.56. The summed E-state index contributed by atoms with van der Waals surface area (Å²) < 4.78 is 0. The lowest BCUT2D eigenvalue weighted by Gasteiger charge is -2.23. The predicted octanol–water partition coefficient (Wildman–Crippen LogP) is 3.95. The van der Waals surface area contributed by atoms with Gasteiger partial charge in [0, 0.05) is 6.42 Å². The quantitative estimate of drug-likeness (QED) is 0.707. The average Bonchev–Trinajstić information content (AvgIpc) is 2.25. The fourth-order valence-electron chi connectivity index (χ4n) is 1.65. The van der Waals surface area contributed by atoms with Crippen LogP contribution < -0.4 is 0 Å². The van der Waals surface area contributed by atoms with Crippen molar-refractivity contribution in [1.82, 2.24) is 0 Å². The highest BCUT2D eigenvalue weighted by atomic mass is 14.3. The normalized spacial score (nSPS) is 11.0. The first-order valence-corrected chi connectivity index (χ1v) is 5.55. The molecule has 1 rings (SSSR count). The lowest BCUT2D eigenvalue weighted by Crippen LogP contribution is -2.12. The third-order valence-electron chi connectivity index (χ3n) is 2.85.